The van der Waals surface area contributed by atoms with E-state index in [4.69, 9.17) is 16.7 Å². The van der Waals surface area contributed by atoms with Crippen LogP contribution in [0.15, 0.2) is 54.6 Å². The SMILES string of the molecule is O=C(O)/C=C(/c1ccc(Cl)cc1)c1cccc(F)c1. The fourth-order valence-electron chi connectivity index (χ4n) is 1.74. The summed E-state index contributed by atoms with van der Waals surface area (Å²) in [6, 6.07) is 12.5. The lowest BCUT2D eigenvalue weighted by atomic mass is 9.97. The van der Waals surface area contributed by atoms with Crippen molar-refractivity contribution in [1.82, 2.24) is 0 Å². The van der Waals surface area contributed by atoms with E-state index in [0.29, 0.717) is 21.7 Å². The fraction of sp³-hybridized carbons (Fsp3) is 0. The molecule has 0 aliphatic rings. The molecule has 0 saturated carbocycles. The summed E-state index contributed by atoms with van der Waals surface area (Å²) in [7, 11) is 0. The lowest BCUT2D eigenvalue weighted by Gasteiger charge is -2.08. The molecule has 0 bridgehead atoms. The Bertz CT molecular complexity index is 633. The van der Waals surface area contributed by atoms with Gasteiger partial charge in [-0.05, 0) is 41.0 Å². The van der Waals surface area contributed by atoms with Crippen LogP contribution in [0.3, 0.4) is 0 Å². The van der Waals surface area contributed by atoms with Gasteiger partial charge in [0.1, 0.15) is 5.82 Å². The van der Waals surface area contributed by atoms with Crippen molar-refractivity contribution in [1.29, 1.82) is 0 Å². The van der Waals surface area contributed by atoms with Gasteiger partial charge in [-0.3, -0.25) is 0 Å². The zero-order valence-electron chi connectivity index (χ0n) is 9.81. The van der Waals surface area contributed by atoms with Crippen LogP contribution in [-0.4, -0.2) is 11.1 Å². The Labute approximate surface area is 114 Å². The van der Waals surface area contributed by atoms with E-state index >= 15 is 0 Å². The van der Waals surface area contributed by atoms with E-state index in [2.05, 4.69) is 0 Å². The minimum Gasteiger partial charge on any atom is -0.478 e. The largest absolute Gasteiger partial charge is 0.478 e. The predicted molar refractivity (Wildman–Crippen MR) is 72.6 cm³/mol. The summed E-state index contributed by atoms with van der Waals surface area (Å²) in [4.78, 5) is 10.9. The Morgan fingerprint density at radius 1 is 1.11 bits per heavy atom. The van der Waals surface area contributed by atoms with Gasteiger partial charge in [-0.2, -0.15) is 0 Å². The van der Waals surface area contributed by atoms with Crippen LogP contribution in [0.1, 0.15) is 11.1 Å². The van der Waals surface area contributed by atoms with Gasteiger partial charge in [0.2, 0.25) is 0 Å². The van der Waals surface area contributed by atoms with Crippen molar-refractivity contribution in [3.05, 3.63) is 76.6 Å². The highest BCUT2D eigenvalue weighted by atomic mass is 35.5. The lowest BCUT2D eigenvalue weighted by molar-refractivity contribution is -0.131. The molecule has 2 nitrogen and oxygen atoms in total. The third-order valence-electron chi connectivity index (χ3n) is 2.56. The zero-order chi connectivity index (χ0) is 13.8. The number of halogens is 2. The second-order valence-corrected chi connectivity index (χ2v) is 4.35. The molecular formula is C15H10ClFO2. The van der Waals surface area contributed by atoms with Crippen molar-refractivity contribution < 1.29 is 14.3 Å². The highest BCUT2D eigenvalue weighted by Gasteiger charge is 2.08. The Morgan fingerprint density at radius 3 is 2.37 bits per heavy atom. The molecule has 0 unspecified atom stereocenters. The number of benzene rings is 2. The molecule has 2 aromatic carbocycles. The van der Waals surface area contributed by atoms with Gasteiger partial charge in [-0.1, -0.05) is 35.9 Å². The fourth-order valence-corrected chi connectivity index (χ4v) is 1.87. The van der Waals surface area contributed by atoms with Gasteiger partial charge in [0.25, 0.3) is 0 Å². The van der Waals surface area contributed by atoms with Crippen LogP contribution >= 0.6 is 11.6 Å². The van der Waals surface area contributed by atoms with E-state index in [1.54, 1.807) is 30.3 Å². The van der Waals surface area contributed by atoms with Crippen molar-refractivity contribution in [3.8, 4) is 0 Å². The summed E-state index contributed by atoms with van der Waals surface area (Å²) in [6.07, 6.45) is 1.05. The average molecular weight is 277 g/mol. The highest BCUT2D eigenvalue weighted by molar-refractivity contribution is 6.30. The first kappa shape index (κ1) is 13.3. The maximum atomic E-state index is 13.2. The average Bonchev–Trinajstić information content (AvgIpc) is 2.37. The van der Waals surface area contributed by atoms with Crippen molar-refractivity contribution in [2.75, 3.05) is 0 Å². The summed E-state index contributed by atoms with van der Waals surface area (Å²) in [5, 5.41) is 9.49. The van der Waals surface area contributed by atoms with Gasteiger partial charge in [0.15, 0.2) is 0 Å². The molecule has 0 aliphatic carbocycles. The van der Waals surface area contributed by atoms with Crippen LogP contribution in [0.2, 0.25) is 5.02 Å². The van der Waals surface area contributed by atoms with E-state index in [0.717, 1.165) is 6.08 Å². The number of aliphatic carboxylic acids is 1. The zero-order valence-corrected chi connectivity index (χ0v) is 10.6. The summed E-state index contributed by atoms with van der Waals surface area (Å²) < 4.78 is 13.2. The van der Waals surface area contributed by atoms with Crippen LogP contribution in [0.25, 0.3) is 5.57 Å². The van der Waals surface area contributed by atoms with Crippen molar-refractivity contribution >= 4 is 23.1 Å². The number of carboxylic acid groups (broad SMARTS) is 1. The van der Waals surface area contributed by atoms with Gasteiger partial charge in [0.05, 0.1) is 0 Å². The first-order chi connectivity index (χ1) is 9.06. The Kier molecular flexibility index (Phi) is 3.97. The standard InChI is InChI=1S/C15H10ClFO2/c16-12-6-4-10(5-7-12)14(9-15(18)19)11-2-1-3-13(17)8-11/h1-9H,(H,18,19)/b14-9-. The molecule has 0 saturated heterocycles. The van der Waals surface area contributed by atoms with Crippen LogP contribution in [-0.2, 0) is 4.79 Å². The molecule has 2 rings (SSSR count). The molecule has 0 radical (unpaired) electrons. The molecule has 0 amide bonds. The number of hydrogen-bond acceptors (Lipinski definition) is 1. The molecule has 0 aliphatic heterocycles. The topological polar surface area (TPSA) is 37.3 Å². The van der Waals surface area contributed by atoms with Crippen LogP contribution in [0.5, 0.6) is 0 Å². The summed E-state index contributed by atoms with van der Waals surface area (Å²) in [5.74, 6) is -1.50. The third kappa shape index (κ3) is 3.42. The third-order valence-corrected chi connectivity index (χ3v) is 2.81. The van der Waals surface area contributed by atoms with E-state index in [1.165, 1.54) is 18.2 Å². The van der Waals surface area contributed by atoms with Crippen LogP contribution < -0.4 is 0 Å². The molecule has 0 atom stereocenters. The molecule has 0 aromatic heterocycles. The molecular weight excluding hydrogens is 267 g/mol. The van der Waals surface area contributed by atoms with Crippen LogP contribution in [0, 0.1) is 5.82 Å². The van der Waals surface area contributed by atoms with Gasteiger partial charge < -0.3 is 5.11 Å². The van der Waals surface area contributed by atoms with Gasteiger partial charge in [-0.25, -0.2) is 9.18 Å². The maximum Gasteiger partial charge on any atom is 0.328 e. The Morgan fingerprint density at radius 2 is 1.79 bits per heavy atom. The smallest absolute Gasteiger partial charge is 0.328 e. The van der Waals surface area contributed by atoms with Crippen LogP contribution in [0.4, 0.5) is 4.39 Å². The number of carboxylic acids is 1. The van der Waals surface area contributed by atoms with Crippen molar-refractivity contribution in [3.63, 3.8) is 0 Å². The first-order valence-corrected chi connectivity index (χ1v) is 5.90. The van der Waals surface area contributed by atoms with Crippen molar-refractivity contribution in [2.24, 2.45) is 0 Å². The molecule has 1 N–H and O–H groups in total. The van der Waals surface area contributed by atoms with Gasteiger partial charge in [0, 0.05) is 11.1 Å². The van der Waals surface area contributed by atoms with E-state index in [9.17, 15) is 9.18 Å². The minimum atomic E-state index is -1.09. The number of carbonyl (C=O) groups is 1. The van der Waals surface area contributed by atoms with Gasteiger partial charge >= 0.3 is 5.97 Å². The normalized spacial score (nSPS) is 11.4. The van der Waals surface area contributed by atoms with E-state index in [-0.39, 0.29) is 0 Å². The second kappa shape index (κ2) is 5.67. The van der Waals surface area contributed by atoms with E-state index in [1.807, 2.05) is 0 Å². The Hall–Kier alpha value is -2.13. The molecule has 2 aromatic rings. The molecule has 19 heavy (non-hydrogen) atoms. The predicted octanol–water partition coefficient (Wildman–Crippen LogP) is 4.00. The second-order valence-electron chi connectivity index (χ2n) is 3.91. The molecule has 0 spiro atoms. The van der Waals surface area contributed by atoms with Crippen molar-refractivity contribution in [2.45, 2.75) is 0 Å². The minimum absolute atomic E-state index is 0.414. The molecule has 0 heterocycles. The monoisotopic (exact) mass is 276 g/mol. The van der Waals surface area contributed by atoms with E-state index < -0.39 is 11.8 Å². The van der Waals surface area contributed by atoms with Gasteiger partial charge in [-0.15, -0.1) is 0 Å². The summed E-state index contributed by atoms with van der Waals surface area (Å²) in [5.41, 5.74) is 1.60. The number of hydrogen-bond donors (Lipinski definition) is 1. The lowest BCUT2D eigenvalue weighted by Crippen LogP contribution is -1.95. The summed E-state index contributed by atoms with van der Waals surface area (Å²) in [6.45, 7) is 0. The quantitative estimate of drug-likeness (QED) is 0.861. The molecule has 96 valence electrons. The first-order valence-electron chi connectivity index (χ1n) is 5.53. The highest BCUT2D eigenvalue weighted by Crippen LogP contribution is 2.25. The molecule has 4 heteroatoms. The number of rotatable bonds is 3. The summed E-state index contributed by atoms with van der Waals surface area (Å²) >= 11 is 5.80. The Balaban J connectivity index is 2.54. The molecule has 0 fully saturated rings. The maximum absolute atomic E-state index is 13.2.